The fourth-order valence-corrected chi connectivity index (χ4v) is 4.08. The van der Waals surface area contributed by atoms with Crippen molar-refractivity contribution in [2.45, 2.75) is 31.1 Å². The molecule has 1 aliphatic heterocycles. The third kappa shape index (κ3) is 4.80. The number of ether oxygens (including phenoxy) is 2. The number of benzene rings is 2. The Bertz CT molecular complexity index is 1150. The smallest absolute Gasteiger partial charge is 0.410 e. The van der Waals surface area contributed by atoms with Gasteiger partial charge in [-0.25, -0.2) is 4.68 Å². The van der Waals surface area contributed by atoms with Gasteiger partial charge in [-0.2, -0.15) is 18.3 Å². The normalized spacial score (nSPS) is 17.4. The van der Waals surface area contributed by atoms with Crippen LogP contribution in [-0.4, -0.2) is 42.6 Å². The zero-order chi connectivity index (χ0) is 24.3. The fourth-order valence-electron chi connectivity index (χ4n) is 4.08. The Morgan fingerprint density at radius 3 is 2.56 bits per heavy atom. The lowest BCUT2D eigenvalue weighted by Gasteiger charge is -2.34. The number of alkyl halides is 3. The second-order valence-corrected chi connectivity index (χ2v) is 7.95. The molecule has 0 spiro atoms. The standard InChI is InChI=1S/C24H25F3N4O3/c1-33-19-9-8-16(12-20(19)34-2)18-13-21(24(25,26)27)31-22(30-18)17(14-29-31)23(32)28-11-10-15-6-4-3-5-7-15/h3-9,12,14,18,21,30H,10-11,13H2,1-2H3,(H,28,32)/t18-,21-/m0/s1. The Labute approximate surface area is 194 Å². The van der Waals surface area contributed by atoms with Gasteiger partial charge in [0.1, 0.15) is 11.4 Å². The molecule has 2 N–H and O–H groups in total. The SMILES string of the molecule is COc1ccc([C@@H]2C[C@@H](C(F)(F)F)n3ncc(C(=O)NCCc4ccccc4)c3N2)cc1OC. The fraction of sp³-hybridized carbons (Fsp3) is 0.333. The van der Waals surface area contributed by atoms with Gasteiger partial charge in [-0.05, 0) is 29.7 Å². The minimum atomic E-state index is -4.54. The average molecular weight is 474 g/mol. The van der Waals surface area contributed by atoms with Crippen molar-refractivity contribution < 1.29 is 27.4 Å². The molecule has 0 saturated carbocycles. The molecule has 0 radical (unpaired) electrons. The number of nitrogens with one attached hydrogen (secondary N) is 2. The van der Waals surface area contributed by atoms with E-state index in [0.717, 1.165) is 10.2 Å². The third-order valence-electron chi connectivity index (χ3n) is 5.84. The van der Waals surface area contributed by atoms with E-state index >= 15 is 0 Å². The van der Waals surface area contributed by atoms with Crippen LogP contribution in [0, 0.1) is 0 Å². The van der Waals surface area contributed by atoms with E-state index in [4.69, 9.17) is 9.47 Å². The predicted molar refractivity (Wildman–Crippen MR) is 120 cm³/mol. The maximum atomic E-state index is 13.9. The number of hydrogen-bond donors (Lipinski definition) is 2. The number of aromatic nitrogens is 2. The second kappa shape index (κ2) is 9.66. The van der Waals surface area contributed by atoms with E-state index in [1.54, 1.807) is 18.2 Å². The van der Waals surface area contributed by atoms with E-state index in [9.17, 15) is 18.0 Å². The first-order valence-corrected chi connectivity index (χ1v) is 10.8. The lowest BCUT2D eigenvalue weighted by molar-refractivity contribution is -0.173. The van der Waals surface area contributed by atoms with Crippen LogP contribution in [0.3, 0.4) is 0 Å². The minimum Gasteiger partial charge on any atom is -0.493 e. The van der Waals surface area contributed by atoms with E-state index in [1.165, 1.54) is 20.4 Å². The molecule has 2 atom stereocenters. The van der Waals surface area contributed by atoms with Crippen LogP contribution in [0.5, 0.6) is 11.5 Å². The summed E-state index contributed by atoms with van der Waals surface area (Å²) in [5, 5.41) is 9.77. The van der Waals surface area contributed by atoms with Crippen LogP contribution in [0.1, 0.15) is 40.0 Å². The zero-order valence-electron chi connectivity index (χ0n) is 18.7. The van der Waals surface area contributed by atoms with Gasteiger partial charge in [0.25, 0.3) is 5.91 Å². The molecule has 0 bridgehead atoms. The maximum absolute atomic E-state index is 13.9. The molecule has 7 nitrogen and oxygen atoms in total. The highest BCUT2D eigenvalue weighted by Gasteiger charge is 2.47. The van der Waals surface area contributed by atoms with Crippen molar-refractivity contribution in [2.75, 3.05) is 26.1 Å². The van der Waals surface area contributed by atoms with E-state index in [0.29, 0.717) is 30.0 Å². The van der Waals surface area contributed by atoms with Crippen molar-refractivity contribution in [3.8, 4) is 11.5 Å². The Balaban J connectivity index is 1.59. The van der Waals surface area contributed by atoms with Gasteiger partial charge < -0.3 is 20.1 Å². The highest BCUT2D eigenvalue weighted by atomic mass is 19.4. The molecule has 1 aliphatic rings. The summed E-state index contributed by atoms with van der Waals surface area (Å²) in [7, 11) is 2.94. The number of halogens is 3. The van der Waals surface area contributed by atoms with Gasteiger partial charge in [-0.1, -0.05) is 36.4 Å². The molecule has 4 rings (SSSR count). The third-order valence-corrected chi connectivity index (χ3v) is 5.84. The molecule has 3 aromatic rings. The average Bonchev–Trinajstić information content (AvgIpc) is 3.27. The second-order valence-electron chi connectivity index (χ2n) is 7.95. The number of carbonyl (C=O) groups is 1. The van der Waals surface area contributed by atoms with Gasteiger partial charge in [0.05, 0.1) is 26.5 Å². The first kappa shape index (κ1) is 23.5. The van der Waals surface area contributed by atoms with Crippen molar-refractivity contribution in [1.29, 1.82) is 0 Å². The molecule has 10 heteroatoms. The molecule has 0 fully saturated rings. The molecule has 0 aliphatic carbocycles. The molecule has 2 aromatic carbocycles. The number of rotatable bonds is 7. The molecule has 180 valence electrons. The number of hydrogen-bond acceptors (Lipinski definition) is 5. The van der Waals surface area contributed by atoms with E-state index in [1.807, 2.05) is 30.3 Å². The van der Waals surface area contributed by atoms with E-state index < -0.39 is 24.2 Å². The summed E-state index contributed by atoms with van der Waals surface area (Å²) >= 11 is 0. The van der Waals surface area contributed by atoms with Gasteiger partial charge in [0.15, 0.2) is 17.5 Å². The van der Waals surface area contributed by atoms with Crippen LogP contribution in [0.15, 0.2) is 54.7 Å². The molecule has 1 aromatic heterocycles. The molecular formula is C24H25F3N4O3. The number of amides is 1. The first-order valence-electron chi connectivity index (χ1n) is 10.8. The predicted octanol–water partition coefficient (Wildman–Crippen LogP) is 4.53. The van der Waals surface area contributed by atoms with Crippen LogP contribution >= 0.6 is 0 Å². The molecule has 1 amide bonds. The highest BCUT2D eigenvalue weighted by Crippen LogP contribution is 2.45. The summed E-state index contributed by atoms with van der Waals surface area (Å²) in [4.78, 5) is 12.8. The van der Waals surface area contributed by atoms with Crippen LogP contribution in [-0.2, 0) is 6.42 Å². The lowest BCUT2D eigenvalue weighted by atomic mass is 9.96. The zero-order valence-corrected chi connectivity index (χ0v) is 18.7. The van der Waals surface area contributed by atoms with Gasteiger partial charge >= 0.3 is 6.18 Å². The summed E-state index contributed by atoms with van der Waals surface area (Å²) in [6, 6.07) is 11.9. The summed E-state index contributed by atoms with van der Waals surface area (Å²) in [6.07, 6.45) is -3.06. The molecular weight excluding hydrogens is 449 g/mol. The molecule has 34 heavy (non-hydrogen) atoms. The number of nitrogens with zero attached hydrogens (tertiary/aromatic N) is 2. The Kier molecular flexibility index (Phi) is 6.67. The number of fused-ring (bicyclic) bond motifs is 1. The summed E-state index contributed by atoms with van der Waals surface area (Å²) in [5.74, 6) is 0.422. The first-order chi connectivity index (χ1) is 16.3. The molecule has 0 saturated heterocycles. The quantitative estimate of drug-likeness (QED) is 0.526. The van der Waals surface area contributed by atoms with Crippen molar-refractivity contribution in [2.24, 2.45) is 0 Å². The van der Waals surface area contributed by atoms with Gasteiger partial charge in [-0.3, -0.25) is 4.79 Å². The number of methoxy groups -OCH3 is 2. The van der Waals surface area contributed by atoms with Gasteiger partial charge in [0.2, 0.25) is 0 Å². The minimum absolute atomic E-state index is 0.0329. The summed E-state index contributed by atoms with van der Waals surface area (Å²) < 4.78 is 53.2. The van der Waals surface area contributed by atoms with Crippen LogP contribution in [0.2, 0.25) is 0 Å². The summed E-state index contributed by atoms with van der Waals surface area (Å²) in [5.41, 5.74) is 1.69. The van der Waals surface area contributed by atoms with Crippen molar-refractivity contribution in [3.05, 3.63) is 71.4 Å². The Hall–Kier alpha value is -3.69. The van der Waals surface area contributed by atoms with Crippen molar-refractivity contribution >= 4 is 11.7 Å². The maximum Gasteiger partial charge on any atom is 0.410 e. The van der Waals surface area contributed by atoms with Crippen LogP contribution < -0.4 is 20.1 Å². The molecule has 0 unspecified atom stereocenters. The summed E-state index contributed by atoms with van der Waals surface area (Å²) in [6.45, 7) is 0.343. The largest absolute Gasteiger partial charge is 0.493 e. The van der Waals surface area contributed by atoms with Crippen LogP contribution in [0.25, 0.3) is 0 Å². The topological polar surface area (TPSA) is 77.4 Å². The van der Waals surface area contributed by atoms with Crippen LogP contribution in [0.4, 0.5) is 19.0 Å². The van der Waals surface area contributed by atoms with Crippen molar-refractivity contribution in [3.63, 3.8) is 0 Å². The molecule has 2 heterocycles. The van der Waals surface area contributed by atoms with E-state index in [-0.39, 0.29) is 17.8 Å². The number of carbonyl (C=O) groups excluding carboxylic acids is 1. The van der Waals surface area contributed by atoms with Gasteiger partial charge in [0, 0.05) is 13.0 Å². The van der Waals surface area contributed by atoms with E-state index in [2.05, 4.69) is 15.7 Å². The Morgan fingerprint density at radius 2 is 1.88 bits per heavy atom. The highest BCUT2D eigenvalue weighted by molar-refractivity contribution is 5.98. The monoisotopic (exact) mass is 474 g/mol. The Morgan fingerprint density at radius 1 is 1.15 bits per heavy atom. The van der Waals surface area contributed by atoms with Gasteiger partial charge in [-0.15, -0.1) is 0 Å². The number of anilines is 1. The lowest BCUT2D eigenvalue weighted by Crippen LogP contribution is -2.36. The van der Waals surface area contributed by atoms with Crippen molar-refractivity contribution in [1.82, 2.24) is 15.1 Å².